The first-order valence-electron chi connectivity index (χ1n) is 6.35. The van der Waals surface area contributed by atoms with E-state index in [9.17, 15) is 0 Å². The summed E-state index contributed by atoms with van der Waals surface area (Å²) in [4.78, 5) is 2.54. The van der Waals surface area contributed by atoms with Crippen LogP contribution < -0.4 is 4.90 Å². The molecule has 0 aliphatic carbocycles. The predicted octanol–water partition coefficient (Wildman–Crippen LogP) is 3.54. The first-order chi connectivity index (χ1) is 7.92. The molecule has 0 spiro atoms. The second-order valence-corrected chi connectivity index (χ2v) is 4.95. The second-order valence-electron chi connectivity index (χ2n) is 4.50. The quantitative estimate of drug-likeness (QED) is 0.583. The Bertz CT molecular complexity index is 324. The van der Waals surface area contributed by atoms with Crippen molar-refractivity contribution in [2.24, 2.45) is 0 Å². The van der Waals surface area contributed by atoms with Crippen molar-refractivity contribution in [1.29, 1.82) is 0 Å². The Labute approximate surface area is 104 Å². The third kappa shape index (κ3) is 2.94. The molecule has 1 heterocycles. The number of nitrogens with zero attached hydrogens (tertiary/aromatic N) is 1. The lowest BCUT2D eigenvalue weighted by molar-refractivity contribution is 0.654. The summed E-state index contributed by atoms with van der Waals surface area (Å²) in [5.74, 6) is 1.03. The van der Waals surface area contributed by atoms with Gasteiger partial charge >= 0.3 is 0 Å². The molecular weight excluding hydrogens is 214 g/mol. The molecular formula is C14H21NS. The molecule has 16 heavy (non-hydrogen) atoms. The molecule has 0 saturated carbocycles. The Hall–Kier alpha value is -0.630. The monoisotopic (exact) mass is 235 g/mol. The lowest BCUT2D eigenvalue weighted by Gasteiger charge is -2.19. The molecule has 2 rings (SSSR count). The van der Waals surface area contributed by atoms with Gasteiger partial charge in [-0.25, -0.2) is 0 Å². The SMILES string of the molecule is SCCCCCCN1CCc2ccccc21. The fourth-order valence-electron chi connectivity index (χ4n) is 2.41. The van der Waals surface area contributed by atoms with Gasteiger partial charge in [0.05, 0.1) is 0 Å². The van der Waals surface area contributed by atoms with Crippen LogP contribution in [0.4, 0.5) is 5.69 Å². The van der Waals surface area contributed by atoms with Crippen molar-refractivity contribution in [1.82, 2.24) is 0 Å². The van der Waals surface area contributed by atoms with Crippen molar-refractivity contribution < 1.29 is 0 Å². The van der Waals surface area contributed by atoms with Gasteiger partial charge in [0.1, 0.15) is 0 Å². The molecule has 0 radical (unpaired) electrons. The molecule has 0 N–H and O–H groups in total. The fraction of sp³-hybridized carbons (Fsp3) is 0.571. The highest BCUT2D eigenvalue weighted by atomic mass is 32.1. The molecule has 1 aromatic carbocycles. The van der Waals surface area contributed by atoms with Crippen molar-refractivity contribution in [3.8, 4) is 0 Å². The van der Waals surface area contributed by atoms with E-state index in [1.165, 1.54) is 56.4 Å². The van der Waals surface area contributed by atoms with Crippen molar-refractivity contribution in [2.75, 3.05) is 23.7 Å². The van der Waals surface area contributed by atoms with Crippen molar-refractivity contribution in [2.45, 2.75) is 32.1 Å². The summed E-state index contributed by atoms with van der Waals surface area (Å²) >= 11 is 4.24. The van der Waals surface area contributed by atoms with E-state index < -0.39 is 0 Å². The minimum atomic E-state index is 1.03. The Morgan fingerprint density at radius 2 is 1.88 bits per heavy atom. The summed E-state index contributed by atoms with van der Waals surface area (Å²) in [6.07, 6.45) is 6.49. The highest BCUT2D eigenvalue weighted by Gasteiger charge is 2.16. The maximum atomic E-state index is 4.24. The molecule has 0 atom stereocenters. The number of fused-ring (bicyclic) bond motifs is 1. The maximum absolute atomic E-state index is 4.24. The summed E-state index contributed by atoms with van der Waals surface area (Å²) in [5, 5.41) is 0. The van der Waals surface area contributed by atoms with Gasteiger partial charge in [-0.3, -0.25) is 0 Å². The third-order valence-electron chi connectivity index (χ3n) is 3.32. The summed E-state index contributed by atoms with van der Waals surface area (Å²) in [6, 6.07) is 8.82. The van der Waals surface area contributed by atoms with Crippen LogP contribution in [0.1, 0.15) is 31.2 Å². The Balaban J connectivity index is 1.76. The predicted molar refractivity (Wildman–Crippen MR) is 74.7 cm³/mol. The summed E-state index contributed by atoms with van der Waals surface area (Å²) in [7, 11) is 0. The van der Waals surface area contributed by atoms with Crippen LogP contribution >= 0.6 is 12.6 Å². The van der Waals surface area contributed by atoms with E-state index in [0.29, 0.717) is 0 Å². The van der Waals surface area contributed by atoms with E-state index in [-0.39, 0.29) is 0 Å². The summed E-state index contributed by atoms with van der Waals surface area (Å²) in [6.45, 7) is 2.44. The number of rotatable bonds is 6. The average molecular weight is 235 g/mol. The molecule has 0 amide bonds. The van der Waals surface area contributed by atoms with Crippen LogP contribution in [0.3, 0.4) is 0 Å². The number of anilines is 1. The number of hydrogen-bond donors (Lipinski definition) is 1. The number of thiol groups is 1. The maximum Gasteiger partial charge on any atom is 0.0399 e. The standard InChI is InChI=1S/C14H21NS/c16-12-6-2-1-5-10-15-11-9-13-7-3-4-8-14(13)15/h3-4,7-8,16H,1-2,5-6,9-12H2. The van der Waals surface area contributed by atoms with Crippen molar-refractivity contribution >= 4 is 18.3 Å². The summed E-state index contributed by atoms with van der Waals surface area (Å²) < 4.78 is 0. The van der Waals surface area contributed by atoms with Crippen LogP contribution in [-0.2, 0) is 6.42 Å². The molecule has 0 fully saturated rings. The Morgan fingerprint density at radius 1 is 1.06 bits per heavy atom. The topological polar surface area (TPSA) is 3.24 Å². The molecule has 0 saturated heterocycles. The first kappa shape index (κ1) is 11.8. The van der Waals surface area contributed by atoms with Crippen LogP contribution in [0.2, 0.25) is 0 Å². The van der Waals surface area contributed by atoms with Crippen molar-refractivity contribution in [3.05, 3.63) is 29.8 Å². The van der Waals surface area contributed by atoms with E-state index in [0.717, 1.165) is 5.75 Å². The number of unbranched alkanes of at least 4 members (excludes halogenated alkanes) is 3. The minimum absolute atomic E-state index is 1.03. The normalized spacial score (nSPS) is 14.2. The molecule has 1 aliphatic rings. The van der Waals surface area contributed by atoms with Crippen LogP contribution in [0.15, 0.2) is 24.3 Å². The lowest BCUT2D eigenvalue weighted by Crippen LogP contribution is -2.21. The molecule has 0 aromatic heterocycles. The smallest absolute Gasteiger partial charge is 0.0399 e. The van der Waals surface area contributed by atoms with Gasteiger partial charge in [0.2, 0.25) is 0 Å². The van der Waals surface area contributed by atoms with Gasteiger partial charge in [-0.1, -0.05) is 31.0 Å². The summed E-state index contributed by atoms with van der Waals surface area (Å²) in [5.41, 5.74) is 2.99. The second kappa shape index (κ2) is 6.19. The van der Waals surface area contributed by atoms with Crippen molar-refractivity contribution in [3.63, 3.8) is 0 Å². The number of benzene rings is 1. The van der Waals surface area contributed by atoms with Gasteiger partial charge in [0.25, 0.3) is 0 Å². The van der Waals surface area contributed by atoms with Crippen LogP contribution in [0.5, 0.6) is 0 Å². The molecule has 0 bridgehead atoms. The highest BCUT2D eigenvalue weighted by Crippen LogP contribution is 2.27. The number of para-hydroxylation sites is 1. The average Bonchev–Trinajstić information content (AvgIpc) is 2.73. The van der Waals surface area contributed by atoms with Gasteiger partial charge in [-0.2, -0.15) is 12.6 Å². The van der Waals surface area contributed by atoms with Crippen LogP contribution in [0.25, 0.3) is 0 Å². The zero-order valence-corrected chi connectivity index (χ0v) is 10.8. The molecule has 1 aliphatic heterocycles. The highest BCUT2D eigenvalue weighted by molar-refractivity contribution is 7.80. The zero-order chi connectivity index (χ0) is 11.2. The van der Waals surface area contributed by atoms with E-state index in [4.69, 9.17) is 0 Å². The number of hydrogen-bond acceptors (Lipinski definition) is 2. The molecule has 88 valence electrons. The van der Waals surface area contributed by atoms with Gasteiger partial charge < -0.3 is 4.90 Å². The van der Waals surface area contributed by atoms with Gasteiger partial charge in [-0.05, 0) is 36.6 Å². The Morgan fingerprint density at radius 3 is 2.75 bits per heavy atom. The lowest BCUT2D eigenvalue weighted by atomic mass is 10.1. The first-order valence-corrected chi connectivity index (χ1v) is 6.99. The molecule has 0 unspecified atom stereocenters. The van der Waals surface area contributed by atoms with Gasteiger partial charge in [0.15, 0.2) is 0 Å². The molecule has 2 heteroatoms. The third-order valence-corrected chi connectivity index (χ3v) is 3.64. The molecule has 1 aromatic rings. The van der Waals surface area contributed by atoms with E-state index in [1.807, 2.05) is 0 Å². The minimum Gasteiger partial charge on any atom is -0.371 e. The van der Waals surface area contributed by atoms with E-state index in [2.05, 4.69) is 41.8 Å². The Kier molecular flexibility index (Phi) is 4.58. The molecule has 1 nitrogen and oxygen atoms in total. The van der Waals surface area contributed by atoms with E-state index in [1.54, 1.807) is 0 Å². The van der Waals surface area contributed by atoms with Gasteiger partial charge in [-0.15, -0.1) is 0 Å². The fourth-order valence-corrected chi connectivity index (χ4v) is 2.63. The van der Waals surface area contributed by atoms with Crippen LogP contribution in [-0.4, -0.2) is 18.8 Å². The van der Waals surface area contributed by atoms with Gasteiger partial charge in [0, 0.05) is 18.8 Å². The van der Waals surface area contributed by atoms with E-state index >= 15 is 0 Å². The largest absolute Gasteiger partial charge is 0.371 e. The zero-order valence-electron chi connectivity index (χ0n) is 9.86. The van der Waals surface area contributed by atoms with Crippen LogP contribution in [0, 0.1) is 0 Å².